The summed E-state index contributed by atoms with van der Waals surface area (Å²) in [5, 5.41) is 9.56. The maximum atomic E-state index is 12.4. The summed E-state index contributed by atoms with van der Waals surface area (Å²) in [6, 6.07) is 0. The Bertz CT molecular complexity index is 580. The molecule has 106 valence electrons. The van der Waals surface area contributed by atoms with Crippen LogP contribution in [0.1, 0.15) is 19.3 Å². The fraction of sp³-hybridized carbons (Fsp3) is 0.727. The van der Waals surface area contributed by atoms with Crippen molar-refractivity contribution in [1.29, 1.82) is 0 Å². The highest BCUT2D eigenvalue weighted by atomic mass is 32.2. The molecule has 3 N–H and O–H groups in total. The molecule has 1 atom stereocenters. The SMILES string of the molecule is Nc1nsc(N2CCC(CO)C2)c1S(=O)(=O)C1CC1. The van der Waals surface area contributed by atoms with Crippen molar-refractivity contribution in [2.75, 3.05) is 30.3 Å². The number of hydrogen-bond donors (Lipinski definition) is 2. The Morgan fingerprint density at radius 3 is 2.74 bits per heavy atom. The molecule has 1 aliphatic heterocycles. The number of anilines is 2. The van der Waals surface area contributed by atoms with Crippen LogP contribution in [0.25, 0.3) is 0 Å². The summed E-state index contributed by atoms with van der Waals surface area (Å²) >= 11 is 1.15. The molecule has 0 aromatic carbocycles. The first-order valence-corrected chi connectivity index (χ1v) is 8.71. The van der Waals surface area contributed by atoms with Crippen molar-refractivity contribution in [2.45, 2.75) is 29.4 Å². The van der Waals surface area contributed by atoms with Crippen molar-refractivity contribution in [1.82, 2.24) is 4.37 Å². The molecule has 0 amide bonds. The average molecular weight is 303 g/mol. The highest BCUT2D eigenvalue weighted by molar-refractivity contribution is 7.92. The standard InChI is InChI=1S/C11H17N3O3S2/c12-10-9(19(16,17)8-1-2-8)11(18-13-10)14-4-3-7(5-14)6-15/h7-8,15H,1-6H2,(H2,12,13). The number of rotatable bonds is 4. The minimum Gasteiger partial charge on any atom is -0.396 e. The minimum absolute atomic E-state index is 0.124. The first-order valence-electron chi connectivity index (χ1n) is 6.39. The van der Waals surface area contributed by atoms with Crippen LogP contribution in [0.3, 0.4) is 0 Å². The lowest BCUT2D eigenvalue weighted by Crippen LogP contribution is -2.22. The monoisotopic (exact) mass is 303 g/mol. The van der Waals surface area contributed by atoms with Gasteiger partial charge in [-0.2, -0.15) is 4.37 Å². The highest BCUT2D eigenvalue weighted by Gasteiger charge is 2.42. The number of nitrogens with two attached hydrogens (primary N) is 1. The molecule has 0 spiro atoms. The van der Waals surface area contributed by atoms with Gasteiger partial charge < -0.3 is 15.7 Å². The second-order valence-electron chi connectivity index (χ2n) is 5.23. The molecule has 1 saturated carbocycles. The summed E-state index contributed by atoms with van der Waals surface area (Å²) in [5.41, 5.74) is 5.77. The molecule has 1 aromatic rings. The molecule has 6 nitrogen and oxygen atoms in total. The molecular weight excluding hydrogens is 286 g/mol. The van der Waals surface area contributed by atoms with E-state index >= 15 is 0 Å². The molecular formula is C11H17N3O3S2. The third kappa shape index (κ3) is 2.21. The lowest BCUT2D eigenvalue weighted by molar-refractivity contribution is 0.238. The Morgan fingerprint density at radius 1 is 1.42 bits per heavy atom. The Balaban J connectivity index is 1.95. The van der Waals surface area contributed by atoms with Gasteiger partial charge in [0.05, 0.1) is 5.25 Å². The Hall–Kier alpha value is -0.860. The maximum Gasteiger partial charge on any atom is 0.187 e. The van der Waals surface area contributed by atoms with Crippen molar-refractivity contribution in [3.63, 3.8) is 0 Å². The summed E-state index contributed by atoms with van der Waals surface area (Å²) in [5.74, 6) is 0.333. The Labute approximate surface area is 116 Å². The van der Waals surface area contributed by atoms with Crippen LogP contribution in [0.5, 0.6) is 0 Å². The van der Waals surface area contributed by atoms with Gasteiger partial charge in [0, 0.05) is 25.6 Å². The molecule has 2 fully saturated rings. The van der Waals surface area contributed by atoms with Gasteiger partial charge in [-0.1, -0.05) is 0 Å². The van der Waals surface area contributed by atoms with Crippen LogP contribution in [-0.2, 0) is 9.84 Å². The zero-order valence-corrected chi connectivity index (χ0v) is 12.1. The van der Waals surface area contributed by atoms with Gasteiger partial charge in [0.15, 0.2) is 15.7 Å². The molecule has 1 saturated heterocycles. The van der Waals surface area contributed by atoms with E-state index in [1.54, 1.807) is 0 Å². The molecule has 1 unspecified atom stereocenters. The predicted octanol–water partition coefficient (Wildman–Crippen LogP) is 0.480. The summed E-state index contributed by atoms with van der Waals surface area (Å²) in [6.07, 6.45) is 2.31. The lowest BCUT2D eigenvalue weighted by atomic mass is 10.1. The second kappa shape index (κ2) is 4.60. The van der Waals surface area contributed by atoms with E-state index < -0.39 is 9.84 Å². The van der Waals surface area contributed by atoms with Crippen molar-refractivity contribution in [3.05, 3.63) is 0 Å². The molecule has 2 heterocycles. The van der Waals surface area contributed by atoms with Gasteiger partial charge >= 0.3 is 0 Å². The molecule has 0 bridgehead atoms. The zero-order valence-electron chi connectivity index (χ0n) is 10.4. The van der Waals surface area contributed by atoms with Gasteiger partial charge in [0.1, 0.15) is 9.90 Å². The summed E-state index contributed by atoms with van der Waals surface area (Å²) in [4.78, 5) is 2.21. The number of aliphatic hydroxyl groups is 1. The van der Waals surface area contributed by atoms with Gasteiger partial charge in [0.25, 0.3) is 0 Å². The van der Waals surface area contributed by atoms with E-state index in [9.17, 15) is 13.5 Å². The fourth-order valence-corrected chi connectivity index (χ4v) is 5.53. The number of nitrogen functional groups attached to an aromatic ring is 1. The van der Waals surface area contributed by atoms with Crippen LogP contribution < -0.4 is 10.6 Å². The topological polar surface area (TPSA) is 96.5 Å². The van der Waals surface area contributed by atoms with Crippen molar-refractivity contribution < 1.29 is 13.5 Å². The van der Waals surface area contributed by atoms with Crippen molar-refractivity contribution >= 4 is 32.2 Å². The Morgan fingerprint density at radius 2 is 2.16 bits per heavy atom. The molecule has 8 heteroatoms. The van der Waals surface area contributed by atoms with Gasteiger partial charge in [0.2, 0.25) is 0 Å². The summed E-state index contributed by atoms with van der Waals surface area (Å²) in [6.45, 7) is 1.56. The molecule has 1 aromatic heterocycles. The van der Waals surface area contributed by atoms with Crippen molar-refractivity contribution in [3.8, 4) is 0 Å². The number of sulfone groups is 1. The summed E-state index contributed by atoms with van der Waals surface area (Å²) in [7, 11) is -3.33. The Kier molecular flexibility index (Phi) is 3.18. The van der Waals surface area contributed by atoms with Gasteiger partial charge in [-0.3, -0.25) is 0 Å². The number of hydrogen-bond acceptors (Lipinski definition) is 7. The summed E-state index contributed by atoms with van der Waals surface area (Å²) < 4.78 is 28.9. The zero-order chi connectivity index (χ0) is 13.6. The minimum atomic E-state index is -3.33. The average Bonchev–Trinajstić information content (AvgIpc) is 3.01. The van der Waals surface area contributed by atoms with Crippen LogP contribution >= 0.6 is 11.5 Å². The first-order chi connectivity index (χ1) is 9.04. The quantitative estimate of drug-likeness (QED) is 0.840. The van der Waals surface area contributed by atoms with Gasteiger partial charge in [-0.05, 0) is 30.8 Å². The van der Waals surface area contributed by atoms with E-state index in [1.165, 1.54) is 0 Å². The maximum absolute atomic E-state index is 12.4. The third-order valence-electron chi connectivity index (χ3n) is 3.74. The first kappa shape index (κ1) is 13.1. The number of aliphatic hydroxyl groups excluding tert-OH is 1. The van der Waals surface area contributed by atoms with E-state index in [2.05, 4.69) is 4.37 Å². The van der Waals surface area contributed by atoms with Crippen LogP contribution in [0, 0.1) is 5.92 Å². The van der Waals surface area contributed by atoms with Gasteiger partial charge in [-0.15, -0.1) is 0 Å². The number of nitrogens with zero attached hydrogens (tertiary/aromatic N) is 2. The molecule has 3 rings (SSSR count). The fourth-order valence-electron chi connectivity index (χ4n) is 2.46. The lowest BCUT2D eigenvalue weighted by Gasteiger charge is -2.17. The molecule has 0 radical (unpaired) electrons. The third-order valence-corrected chi connectivity index (χ3v) is 7.11. The smallest absolute Gasteiger partial charge is 0.187 e. The van der Waals surface area contributed by atoms with E-state index in [0.717, 1.165) is 37.3 Å². The normalized spacial score (nSPS) is 24.1. The van der Waals surface area contributed by atoms with E-state index in [4.69, 9.17) is 5.73 Å². The molecule has 19 heavy (non-hydrogen) atoms. The van der Waals surface area contributed by atoms with Crippen LogP contribution in [0.15, 0.2) is 4.90 Å². The van der Waals surface area contributed by atoms with Gasteiger partial charge in [-0.25, -0.2) is 8.42 Å². The molecule has 1 aliphatic carbocycles. The molecule has 2 aliphatic rings. The largest absolute Gasteiger partial charge is 0.396 e. The van der Waals surface area contributed by atoms with E-state index in [1.807, 2.05) is 4.90 Å². The van der Waals surface area contributed by atoms with Crippen LogP contribution in [-0.4, -0.2) is 42.8 Å². The second-order valence-corrected chi connectivity index (χ2v) is 8.15. The van der Waals surface area contributed by atoms with Crippen molar-refractivity contribution in [2.24, 2.45) is 5.92 Å². The predicted molar refractivity (Wildman–Crippen MR) is 74.1 cm³/mol. The van der Waals surface area contributed by atoms with E-state index in [-0.39, 0.29) is 28.5 Å². The van der Waals surface area contributed by atoms with Crippen LogP contribution in [0.4, 0.5) is 10.8 Å². The number of aromatic nitrogens is 1. The van der Waals surface area contributed by atoms with E-state index in [0.29, 0.717) is 11.5 Å². The van der Waals surface area contributed by atoms with Crippen LogP contribution in [0.2, 0.25) is 0 Å². The highest BCUT2D eigenvalue weighted by Crippen LogP contribution is 2.43.